The summed E-state index contributed by atoms with van der Waals surface area (Å²) in [6.45, 7) is 8.63. The van der Waals surface area contributed by atoms with Gasteiger partial charge in [0.2, 0.25) is 12.1 Å². The number of para-hydroxylation sites is 1. The largest absolute Gasteiger partial charge is 0.416 e. The fourth-order valence-electron chi connectivity index (χ4n) is 5.59. The number of nitrogens with zero attached hydrogens (tertiary/aromatic N) is 3. The van der Waals surface area contributed by atoms with Crippen LogP contribution < -0.4 is 10.2 Å². The van der Waals surface area contributed by atoms with E-state index in [1.54, 1.807) is 29.2 Å². The Balaban J connectivity index is 1.74. The number of rotatable bonds is 14. The molecule has 4 rings (SSSR count). The number of unbranched alkanes of at least 4 members (excludes halogenated alkanes) is 1. The van der Waals surface area contributed by atoms with E-state index in [2.05, 4.69) is 10.2 Å². The quantitative estimate of drug-likeness (QED) is 0.294. The second-order valence-electron chi connectivity index (χ2n) is 11.5. The van der Waals surface area contributed by atoms with Crippen LogP contribution in [0.4, 0.5) is 18.9 Å². The number of alkyl halides is 3. The average molecular weight is 601 g/mol. The Kier molecular flexibility index (Phi) is 11.0. The lowest BCUT2D eigenvalue weighted by Gasteiger charge is -2.29. The predicted molar refractivity (Wildman–Crippen MR) is 162 cm³/mol. The first-order valence-corrected chi connectivity index (χ1v) is 15.4. The number of halogens is 3. The Morgan fingerprint density at radius 2 is 1.77 bits per heavy atom. The number of anilines is 1. The number of benzene rings is 2. The normalized spacial score (nSPS) is 18.6. The van der Waals surface area contributed by atoms with Crippen molar-refractivity contribution < 1.29 is 27.9 Å². The number of carbonyl (C=O) groups excluding carboxylic acids is 2. The van der Waals surface area contributed by atoms with Crippen LogP contribution in [0.5, 0.6) is 0 Å². The fraction of sp³-hybridized carbons (Fsp3) is 0.545. The number of aliphatic imine (C=N–C) groups is 1. The number of aliphatic hydroxyl groups is 1. The van der Waals surface area contributed by atoms with E-state index in [4.69, 9.17) is 4.99 Å². The van der Waals surface area contributed by atoms with Gasteiger partial charge >= 0.3 is 6.18 Å². The van der Waals surface area contributed by atoms with Gasteiger partial charge in [0.1, 0.15) is 0 Å². The Labute approximate surface area is 252 Å². The van der Waals surface area contributed by atoms with Gasteiger partial charge in [-0.15, -0.1) is 0 Å². The van der Waals surface area contributed by atoms with Gasteiger partial charge in [-0.2, -0.15) is 13.2 Å². The Morgan fingerprint density at radius 1 is 1.09 bits per heavy atom. The highest BCUT2D eigenvalue weighted by molar-refractivity contribution is 6.20. The van der Waals surface area contributed by atoms with Crippen molar-refractivity contribution in [3.05, 3.63) is 65.2 Å². The van der Waals surface area contributed by atoms with Crippen LogP contribution in [0.1, 0.15) is 76.0 Å². The van der Waals surface area contributed by atoms with Gasteiger partial charge in [-0.3, -0.25) is 9.59 Å². The molecule has 1 heterocycles. The number of hydrogen-bond acceptors (Lipinski definition) is 5. The van der Waals surface area contributed by atoms with Gasteiger partial charge in [0.15, 0.2) is 0 Å². The number of nitrogens with one attached hydrogen (secondary N) is 1. The van der Waals surface area contributed by atoms with Crippen molar-refractivity contribution >= 4 is 23.2 Å². The lowest BCUT2D eigenvalue weighted by molar-refractivity contribution is -0.137. The van der Waals surface area contributed by atoms with Gasteiger partial charge in [0.25, 0.3) is 5.91 Å². The van der Waals surface area contributed by atoms with E-state index in [9.17, 15) is 27.9 Å². The van der Waals surface area contributed by atoms with Crippen molar-refractivity contribution in [2.24, 2.45) is 16.8 Å². The zero-order valence-corrected chi connectivity index (χ0v) is 25.2. The first kappa shape index (κ1) is 32.7. The van der Waals surface area contributed by atoms with E-state index in [0.29, 0.717) is 54.4 Å². The van der Waals surface area contributed by atoms with Crippen molar-refractivity contribution in [2.75, 3.05) is 31.1 Å². The number of likely N-dealkylation sites (N-methyl/N-ethyl adjacent to an activating group) is 1. The molecule has 1 fully saturated rings. The van der Waals surface area contributed by atoms with Gasteiger partial charge in [0, 0.05) is 24.2 Å². The third-order valence-electron chi connectivity index (χ3n) is 8.45. The van der Waals surface area contributed by atoms with E-state index in [1.807, 2.05) is 20.8 Å². The molecule has 2 amide bonds. The van der Waals surface area contributed by atoms with E-state index in [0.717, 1.165) is 50.9 Å². The van der Waals surface area contributed by atoms with Gasteiger partial charge in [0.05, 0.1) is 29.0 Å². The second-order valence-corrected chi connectivity index (χ2v) is 11.5. The lowest BCUT2D eigenvalue weighted by atomic mass is 9.91. The van der Waals surface area contributed by atoms with Gasteiger partial charge in [-0.25, -0.2) is 4.99 Å². The molecule has 0 bridgehead atoms. The Morgan fingerprint density at radius 3 is 2.37 bits per heavy atom. The molecule has 0 spiro atoms. The third-order valence-corrected chi connectivity index (χ3v) is 8.45. The highest BCUT2D eigenvalue weighted by Gasteiger charge is 2.38. The molecule has 2 N–H and O–H groups in total. The van der Waals surface area contributed by atoms with Crippen molar-refractivity contribution in [2.45, 2.75) is 77.7 Å². The number of fused-ring (bicyclic) bond motifs is 1. The molecule has 3 unspecified atom stereocenters. The Bertz CT molecular complexity index is 1270. The molecule has 0 radical (unpaired) electrons. The van der Waals surface area contributed by atoms with E-state index in [-0.39, 0.29) is 0 Å². The van der Waals surface area contributed by atoms with Crippen LogP contribution in [0.25, 0.3) is 0 Å². The zero-order valence-electron chi connectivity index (χ0n) is 25.2. The van der Waals surface area contributed by atoms with Crippen molar-refractivity contribution in [3.8, 4) is 0 Å². The summed E-state index contributed by atoms with van der Waals surface area (Å²) in [6.07, 6.45) is -1.93. The van der Waals surface area contributed by atoms with Crippen molar-refractivity contribution in [1.82, 2.24) is 10.2 Å². The molecule has 2 aromatic carbocycles. The summed E-state index contributed by atoms with van der Waals surface area (Å²) in [4.78, 5) is 36.4. The highest BCUT2D eigenvalue weighted by atomic mass is 19.4. The zero-order chi connectivity index (χ0) is 31.1. The molecule has 2 aliphatic rings. The van der Waals surface area contributed by atoms with Crippen LogP contribution in [0, 0.1) is 11.8 Å². The molecule has 2 aromatic rings. The number of carbonyl (C=O) groups is 2. The van der Waals surface area contributed by atoms with Gasteiger partial charge < -0.3 is 20.2 Å². The molecule has 43 heavy (non-hydrogen) atoms. The smallest absolute Gasteiger partial charge is 0.392 e. The minimum Gasteiger partial charge on any atom is -0.392 e. The number of aliphatic hydroxyl groups excluding tert-OH is 1. The molecule has 234 valence electrons. The summed E-state index contributed by atoms with van der Waals surface area (Å²) in [5.41, 5.74) is 1.09. The predicted octanol–water partition coefficient (Wildman–Crippen LogP) is 5.64. The number of amides is 2. The Hall–Kier alpha value is -3.24. The SMILES string of the molecule is CCCCC(O)C(CC1CC1)C(=O)NC1N=C(c2ccc(C(F)(F)F)cc2)c2ccccc2N(CCN(CC)CC)C1=O. The maximum atomic E-state index is 14.2. The molecule has 0 aromatic heterocycles. The van der Waals surface area contributed by atoms with Crippen LogP contribution >= 0.6 is 0 Å². The van der Waals surface area contributed by atoms with Gasteiger partial charge in [-0.05, 0) is 50.0 Å². The second kappa shape index (κ2) is 14.5. The van der Waals surface area contributed by atoms with Crippen molar-refractivity contribution in [1.29, 1.82) is 0 Å². The van der Waals surface area contributed by atoms with Crippen LogP contribution in [-0.4, -0.2) is 66.0 Å². The van der Waals surface area contributed by atoms with Gasteiger partial charge in [-0.1, -0.05) is 76.8 Å². The highest BCUT2D eigenvalue weighted by Crippen LogP contribution is 2.37. The molecule has 1 aliphatic heterocycles. The first-order chi connectivity index (χ1) is 20.6. The van der Waals surface area contributed by atoms with Crippen LogP contribution in [-0.2, 0) is 15.8 Å². The maximum absolute atomic E-state index is 14.2. The standard InChI is InChI=1S/C33H43F3N4O3/c1-4-7-12-28(41)26(21-22-13-14-22)31(42)38-30-32(43)40(20-19-39(5-2)6-3)27-11-9-8-10-25(27)29(37-30)23-15-17-24(18-16-23)33(34,35)36/h8-11,15-18,22,26,28,30,41H,4-7,12-14,19-21H2,1-3H3,(H,38,42). The van der Waals surface area contributed by atoms with E-state index >= 15 is 0 Å². The molecule has 1 saturated carbocycles. The monoisotopic (exact) mass is 600 g/mol. The summed E-state index contributed by atoms with van der Waals surface area (Å²) in [6, 6.07) is 11.9. The van der Waals surface area contributed by atoms with E-state index < -0.39 is 41.7 Å². The van der Waals surface area contributed by atoms with Crippen LogP contribution in [0.3, 0.4) is 0 Å². The summed E-state index contributed by atoms with van der Waals surface area (Å²) in [5.74, 6) is -1.16. The molecular weight excluding hydrogens is 557 g/mol. The number of benzodiazepines with no additional fused rings is 1. The summed E-state index contributed by atoms with van der Waals surface area (Å²) < 4.78 is 40.0. The summed E-state index contributed by atoms with van der Waals surface area (Å²) in [5, 5.41) is 13.8. The van der Waals surface area contributed by atoms with Crippen molar-refractivity contribution in [3.63, 3.8) is 0 Å². The summed E-state index contributed by atoms with van der Waals surface area (Å²) >= 11 is 0. The van der Waals surface area contributed by atoms with Crippen LogP contribution in [0.2, 0.25) is 0 Å². The molecule has 10 heteroatoms. The molecule has 7 nitrogen and oxygen atoms in total. The minimum atomic E-state index is -4.50. The number of hydrogen-bond donors (Lipinski definition) is 2. The minimum absolute atomic E-state index is 0.318. The maximum Gasteiger partial charge on any atom is 0.416 e. The molecule has 0 saturated heterocycles. The average Bonchev–Trinajstić information content (AvgIpc) is 3.83. The molecule has 3 atom stereocenters. The summed E-state index contributed by atoms with van der Waals surface area (Å²) in [7, 11) is 0. The fourth-order valence-corrected chi connectivity index (χ4v) is 5.59. The lowest BCUT2D eigenvalue weighted by Crippen LogP contribution is -2.51. The molecular formula is C33H43F3N4O3. The van der Waals surface area contributed by atoms with E-state index in [1.165, 1.54) is 12.1 Å². The van der Waals surface area contributed by atoms with Crippen LogP contribution in [0.15, 0.2) is 53.5 Å². The third kappa shape index (κ3) is 8.23. The topological polar surface area (TPSA) is 85.2 Å². The molecule has 1 aliphatic carbocycles. The first-order valence-electron chi connectivity index (χ1n) is 15.4.